The van der Waals surface area contributed by atoms with Crippen LogP contribution in [0.15, 0.2) is 0 Å². The van der Waals surface area contributed by atoms with Crippen molar-refractivity contribution >= 4 is 11.9 Å². The summed E-state index contributed by atoms with van der Waals surface area (Å²) in [6, 6.07) is 0. The van der Waals surface area contributed by atoms with Gasteiger partial charge >= 0.3 is 18.1 Å². The van der Waals surface area contributed by atoms with Crippen LogP contribution in [0.5, 0.6) is 0 Å². The Hall–Kier alpha value is -1.27. The van der Waals surface area contributed by atoms with E-state index in [1.54, 1.807) is 5.32 Å². The fourth-order valence-electron chi connectivity index (χ4n) is 1.59. The van der Waals surface area contributed by atoms with Crippen molar-refractivity contribution < 1.29 is 27.9 Å². The van der Waals surface area contributed by atoms with Gasteiger partial charge in [-0.1, -0.05) is 13.8 Å². The predicted octanol–water partition coefficient (Wildman–Crippen LogP) is 2.19. The SMILES string of the molecule is CC(C)C(CCNC(=O)C(F)(F)F)CCC(=O)O. The zero-order valence-corrected chi connectivity index (χ0v) is 10.4. The fraction of sp³-hybridized carbons (Fsp3) is 0.818. The first kappa shape index (κ1) is 16.7. The van der Waals surface area contributed by atoms with Crippen LogP contribution in [-0.4, -0.2) is 29.7 Å². The molecular weight excluding hydrogens is 251 g/mol. The summed E-state index contributed by atoms with van der Waals surface area (Å²) in [6.07, 6.45) is -4.15. The summed E-state index contributed by atoms with van der Waals surface area (Å²) < 4.78 is 35.7. The number of hydrogen-bond donors (Lipinski definition) is 2. The molecule has 4 nitrogen and oxygen atoms in total. The summed E-state index contributed by atoms with van der Waals surface area (Å²) in [5, 5.41) is 10.3. The molecule has 0 saturated carbocycles. The van der Waals surface area contributed by atoms with Crippen molar-refractivity contribution in [2.24, 2.45) is 11.8 Å². The Bertz CT molecular complexity index is 290. The lowest BCUT2D eigenvalue weighted by Crippen LogP contribution is -2.38. The molecule has 1 atom stereocenters. The van der Waals surface area contributed by atoms with Crippen molar-refractivity contribution in [3.63, 3.8) is 0 Å². The molecule has 0 fully saturated rings. The van der Waals surface area contributed by atoms with Crippen LogP contribution in [0.3, 0.4) is 0 Å². The van der Waals surface area contributed by atoms with Crippen LogP contribution in [0.2, 0.25) is 0 Å². The van der Waals surface area contributed by atoms with Gasteiger partial charge in [0.2, 0.25) is 0 Å². The molecule has 0 bridgehead atoms. The third kappa shape index (κ3) is 7.13. The number of carboxylic acid groups (broad SMARTS) is 1. The normalized spacial score (nSPS) is 13.4. The molecule has 0 heterocycles. The zero-order chi connectivity index (χ0) is 14.3. The standard InChI is InChI=1S/C11H18F3NO3/c1-7(2)8(3-4-9(16)17)5-6-15-10(18)11(12,13)14/h7-8H,3-6H2,1-2H3,(H,15,18)(H,16,17). The van der Waals surface area contributed by atoms with Gasteiger partial charge in [0.1, 0.15) is 0 Å². The third-order valence-electron chi connectivity index (χ3n) is 2.73. The van der Waals surface area contributed by atoms with E-state index in [9.17, 15) is 22.8 Å². The van der Waals surface area contributed by atoms with Crippen molar-refractivity contribution in [1.29, 1.82) is 0 Å². The van der Waals surface area contributed by atoms with Gasteiger partial charge < -0.3 is 10.4 Å². The highest BCUT2D eigenvalue weighted by Crippen LogP contribution is 2.21. The Morgan fingerprint density at radius 3 is 2.17 bits per heavy atom. The Kier molecular flexibility index (Phi) is 6.72. The van der Waals surface area contributed by atoms with Gasteiger partial charge in [-0.05, 0) is 24.7 Å². The lowest BCUT2D eigenvalue weighted by molar-refractivity contribution is -0.173. The molecule has 0 aromatic heterocycles. The smallest absolute Gasteiger partial charge is 0.471 e. The molecule has 0 radical (unpaired) electrons. The van der Waals surface area contributed by atoms with Gasteiger partial charge in [0.05, 0.1) is 0 Å². The van der Waals surface area contributed by atoms with Crippen LogP contribution in [-0.2, 0) is 9.59 Å². The number of amides is 1. The number of nitrogens with one attached hydrogen (secondary N) is 1. The lowest BCUT2D eigenvalue weighted by Gasteiger charge is -2.20. The number of rotatable bonds is 7. The molecule has 0 aliphatic rings. The number of alkyl halides is 3. The minimum absolute atomic E-state index is 0.0178. The quantitative estimate of drug-likeness (QED) is 0.744. The molecule has 0 rings (SSSR count). The van der Waals surface area contributed by atoms with E-state index in [1.807, 2.05) is 13.8 Å². The Balaban J connectivity index is 4.05. The Labute approximate surface area is 104 Å². The molecule has 0 aromatic rings. The molecule has 0 aliphatic heterocycles. The maximum Gasteiger partial charge on any atom is 0.471 e. The van der Waals surface area contributed by atoms with Crippen molar-refractivity contribution in [1.82, 2.24) is 5.32 Å². The first-order valence-corrected chi connectivity index (χ1v) is 5.71. The first-order valence-electron chi connectivity index (χ1n) is 5.71. The summed E-state index contributed by atoms with van der Waals surface area (Å²) in [5.74, 6) is -2.75. The highest BCUT2D eigenvalue weighted by molar-refractivity contribution is 5.81. The summed E-state index contributed by atoms with van der Waals surface area (Å²) in [7, 11) is 0. The van der Waals surface area contributed by atoms with Gasteiger partial charge in [-0.2, -0.15) is 13.2 Å². The molecule has 2 N–H and O–H groups in total. The second-order valence-electron chi connectivity index (χ2n) is 4.48. The zero-order valence-electron chi connectivity index (χ0n) is 10.4. The van der Waals surface area contributed by atoms with Gasteiger partial charge in [0, 0.05) is 13.0 Å². The van der Waals surface area contributed by atoms with E-state index in [4.69, 9.17) is 5.11 Å². The molecule has 1 unspecified atom stereocenters. The van der Waals surface area contributed by atoms with Crippen molar-refractivity contribution in [3.05, 3.63) is 0 Å². The minimum Gasteiger partial charge on any atom is -0.481 e. The van der Waals surface area contributed by atoms with Crippen LogP contribution in [0.25, 0.3) is 0 Å². The second kappa shape index (κ2) is 7.23. The molecule has 0 aliphatic carbocycles. The van der Waals surface area contributed by atoms with E-state index < -0.39 is 18.1 Å². The van der Waals surface area contributed by atoms with E-state index in [0.29, 0.717) is 12.8 Å². The molecule has 106 valence electrons. The maximum absolute atomic E-state index is 11.9. The van der Waals surface area contributed by atoms with Crippen molar-refractivity contribution in [2.45, 2.75) is 39.3 Å². The maximum atomic E-state index is 11.9. The second-order valence-corrected chi connectivity index (χ2v) is 4.48. The number of carboxylic acids is 1. The van der Waals surface area contributed by atoms with Gasteiger partial charge in [-0.15, -0.1) is 0 Å². The number of aliphatic carboxylic acids is 1. The Morgan fingerprint density at radius 1 is 1.22 bits per heavy atom. The van der Waals surface area contributed by atoms with Crippen molar-refractivity contribution in [2.75, 3.05) is 6.54 Å². The number of carbonyl (C=O) groups excluding carboxylic acids is 1. The number of carbonyl (C=O) groups is 2. The fourth-order valence-corrected chi connectivity index (χ4v) is 1.59. The number of hydrogen-bond acceptors (Lipinski definition) is 2. The topological polar surface area (TPSA) is 66.4 Å². The van der Waals surface area contributed by atoms with Gasteiger partial charge in [-0.25, -0.2) is 0 Å². The monoisotopic (exact) mass is 269 g/mol. The average Bonchev–Trinajstić information content (AvgIpc) is 2.20. The predicted molar refractivity (Wildman–Crippen MR) is 58.9 cm³/mol. The molecule has 7 heteroatoms. The average molecular weight is 269 g/mol. The van der Waals surface area contributed by atoms with Gasteiger partial charge in [0.25, 0.3) is 0 Å². The van der Waals surface area contributed by atoms with E-state index >= 15 is 0 Å². The largest absolute Gasteiger partial charge is 0.481 e. The molecule has 1 amide bonds. The minimum atomic E-state index is -4.87. The highest BCUT2D eigenvalue weighted by atomic mass is 19.4. The van der Waals surface area contributed by atoms with Gasteiger partial charge in [-0.3, -0.25) is 9.59 Å². The molecule has 18 heavy (non-hydrogen) atoms. The van der Waals surface area contributed by atoms with Crippen LogP contribution in [0, 0.1) is 11.8 Å². The number of halogens is 3. The summed E-state index contributed by atoms with van der Waals surface area (Å²) >= 11 is 0. The summed E-state index contributed by atoms with van der Waals surface area (Å²) in [5.41, 5.74) is 0. The molecule has 0 saturated heterocycles. The van der Waals surface area contributed by atoms with Crippen LogP contribution < -0.4 is 5.32 Å². The molecule has 0 aromatic carbocycles. The van der Waals surface area contributed by atoms with Crippen LogP contribution in [0.4, 0.5) is 13.2 Å². The van der Waals surface area contributed by atoms with Crippen molar-refractivity contribution in [3.8, 4) is 0 Å². The van der Waals surface area contributed by atoms with Gasteiger partial charge in [0.15, 0.2) is 0 Å². The first-order chi connectivity index (χ1) is 8.14. The van der Waals surface area contributed by atoms with E-state index in [1.165, 1.54) is 0 Å². The molecular formula is C11H18F3NO3. The third-order valence-corrected chi connectivity index (χ3v) is 2.73. The molecule has 0 spiro atoms. The van der Waals surface area contributed by atoms with E-state index in [0.717, 1.165) is 0 Å². The Morgan fingerprint density at radius 2 is 1.78 bits per heavy atom. The van der Waals surface area contributed by atoms with E-state index in [2.05, 4.69) is 0 Å². The van der Waals surface area contributed by atoms with Crippen LogP contribution >= 0.6 is 0 Å². The highest BCUT2D eigenvalue weighted by Gasteiger charge is 2.38. The van der Waals surface area contributed by atoms with Crippen LogP contribution in [0.1, 0.15) is 33.1 Å². The summed E-state index contributed by atoms with van der Waals surface area (Å²) in [4.78, 5) is 21.0. The summed E-state index contributed by atoms with van der Waals surface area (Å²) in [6.45, 7) is 3.65. The van der Waals surface area contributed by atoms with E-state index in [-0.39, 0.29) is 24.8 Å². The lowest BCUT2D eigenvalue weighted by atomic mass is 9.88.